The van der Waals surface area contributed by atoms with E-state index in [2.05, 4.69) is 10.2 Å². The minimum atomic E-state index is 0.381. The SMILES string of the molecule is O=C1CCCCCCN1CCCNC1CC1. The molecule has 0 aromatic heterocycles. The van der Waals surface area contributed by atoms with E-state index < -0.39 is 0 Å². The molecule has 1 heterocycles. The van der Waals surface area contributed by atoms with Crippen molar-refractivity contribution in [3.8, 4) is 0 Å². The molecule has 0 aromatic rings. The summed E-state index contributed by atoms with van der Waals surface area (Å²) in [6.07, 6.45) is 9.41. The Hall–Kier alpha value is -0.570. The van der Waals surface area contributed by atoms with Crippen LogP contribution >= 0.6 is 0 Å². The van der Waals surface area contributed by atoms with E-state index >= 15 is 0 Å². The zero-order valence-electron chi connectivity index (χ0n) is 10.2. The standard InChI is InChI=1S/C13H24N2O/c16-13-6-3-1-2-4-10-15(13)11-5-9-14-12-7-8-12/h12,14H,1-11H2. The van der Waals surface area contributed by atoms with Gasteiger partial charge in [-0.1, -0.05) is 12.8 Å². The first kappa shape index (κ1) is 11.9. The fraction of sp³-hybridized carbons (Fsp3) is 0.923. The van der Waals surface area contributed by atoms with Gasteiger partial charge in [0.1, 0.15) is 0 Å². The highest BCUT2D eigenvalue weighted by Crippen LogP contribution is 2.18. The lowest BCUT2D eigenvalue weighted by Gasteiger charge is -2.24. The average Bonchev–Trinajstić information content (AvgIpc) is 3.06. The lowest BCUT2D eigenvalue weighted by atomic mass is 10.1. The summed E-state index contributed by atoms with van der Waals surface area (Å²) in [4.78, 5) is 13.9. The third-order valence-corrected chi connectivity index (χ3v) is 3.54. The quantitative estimate of drug-likeness (QED) is 0.724. The largest absolute Gasteiger partial charge is 0.343 e. The number of nitrogens with one attached hydrogen (secondary N) is 1. The first-order valence-electron chi connectivity index (χ1n) is 6.87. The van der Waals surface area contributed by atoms with Crippen molar-refractivity contribution >= 4 is 5.91 Å². The molecular formula is C13H24N2O. The second-order valence-corrected chi connectivity index (χ2v) is 5.13. The van der Waals surface area contributed by atoms with Crippen LogP contribution in [0.4, 0.5) is 0 Å². The Morgan fingerprint density at radius 2 is 2.00 bits per heavy atom. The summed E-state index contributed by atoms with van der Waals surface area (Å²) >= 11 is 0. The van der Waals surface area contributed by atoms with Crippen molar-refractivity contribution in [3.05, 3.63) is 0 Å². The topological polar surface area (TPSA) is 32.3 Å². The molecular weight excluding hydrogens is 200 g/mol. The number of rotatable bonds is 5. The molecule has 0 bridgehead atoms. The summed E-state index contributed by atoms with van der Waals surface area (Å²) in [5.74, 6) is 0.381. The molecule has 0 spiro atoms. The van der Waals surface area contributed by atoms with Crippen molar-refractivity contribution in [1.29, 1.82) is 0 Å². The van der Waals surface area contributed by atoms with Gasteiger partial charge in [0, 0.05) is 25.6 Å². The third-order valence-electron chi connectivity index (χ3n) is 3.54. The number of nitrogens with zero attached hydrogens (tertiary/aromatic N) is 1. The lowest BCUT2D eigenvalue weighted by molar-refractivity contribution is -0.131. The van der Waals surface area contributed by atoms with Crippen LogP contribution in [0.2, 0.25) is 0 Å². The Morgan fingerprint density at radius 3 is 2.81 bits per heavy atom. The maximum atomic E-state index is 11.8. The summed E-state index contributed by atoms with van der Waals surface area (Å²) in [7, 11) is 0. The van der Waals surface area contributed by atoms with Crippen molar-refractivity contribution in [2.24, 2.45) is 0 Å². The number of carbonyl (C=O) groups is 1. The van der Waals surface area contributed by atoms with E-state index in [0.717, 1.165) is 44.9 Å². The summed E-state index contributed by atoms with van der Waals surface area (Å²) in [6, 6.07) is 0.794. The van der Waals surface area contributed by atoms with Crippen LogP contribution in [-0.4, -0.2) is 36.5 Å². The van der Waals surface area contributed by atoms with E-state index in [0.29, 0.717) is 5.91 Å². The van der Waals surface area contributed by atoms with Gasteiger partial charge < -0.3 is 10.2 Å². The Bertz CT molecular complexity index is 226. The molecule has 92 valence electrons. The molecule has 1 aliphatic carbocycles. The molecule has 0 unspecified atom stereocenters. The molecule has 1 saturated heterocycles. The molecule has 0 radical (unpaired) electrons. The van der Waals surface area contributed by atoms with Crippen molar-refractivity contribution in [2.45, 2.75) is 57.4 Å². The fourth-order valence-corrected chi connectivity index (χ4v) is 2.32. The van der Waals surface area contributed by atoms with Crippen LogP contribution in [0.3, 0.4) is 0 Å². The smallest absolute Gasteiger partial charge is 0.222 e. The van der Waals surface area contributed by atoms with E-state index in [1.165, 1.54) is 32.1 Å². The molecule has 1 N–H and O–H groups in total. The highest BCUT2D eigenvalue weighted by Gasteiger charge is 2.20. The zero-order chi connectivity index (χ0) is 11.2. The van der Waals surface area contributed by atoms with Crippen LogP contribution < -0.4 is 5.32 Å². The maximum absolute atomic E-state index is 11.8. The highest BCUT2D eigenvalue weighted by molar-refractivity contribution is 5.76. The van der Waals surface area contributed by atoms with Crippen LogP contribution in [0.5, 0.6) is 0 Å². The van der Waals surface area contributed by atoms with Gasteiger partial charge in [-0.3, -0.25) is 4.79 Å². The van der Waals surface area contributed by atoms with Crippen molar-refractivity contribution in [2.75, 3.05) is 19.6 Å². The summed E-state index contributed by atoms with van der Waals surface area (Å²) in [6.45, 7) is 3.02. The van der Waals surface area contributed by atoms with Gasteiger partial charge in [0.15, 0.2) is 0 Å². The molecule has 16 heavy (non-hydrogen) atoms. The number of amides is 1. The van der Waals surface area contributed by atoms with Crippen LogP contribution in [0.15, 0.2) is 0 Å². The van der Waals surface area contributed by atoms with E-state index in [1.807, 2.05) is 0 Å². The fourth-order valence-electron chi connectivity index (χ4n) is 2.32. The summed E-state index contributed by atoms with van der Waals surface area (Å²) < 4.78 is 0. The van der Waals surface area contributed by atoms with E-state index in [1.54, 1.807) is 0 Å². The van der Waals surface area contributed by atoms with E-state index in [9.17, 15) is 4.79 Å². The van der Waals surface area contributed by atoms with Crippen molar-refractivity contribution in [3.63, 3.8) is 0 Å². The minimum Gasteiger partial charge on any atom is -0.343 e. The van der Waals surface area contributed by atoms with Gasteiger partial charge in [-0.15, -0.1) is 0 Å². The van der Waals surface area contributed by atoms with Crippen LogP contribution in [0.1, 0.15) is 51.4 Å². The Labute approximate surface area is 98.6 Å². The van der Waals surface area contributed by atoms with Crippen LogP contribution in [-0.2, 0) is 4.79 Å². The van der Waals surface area contributed by atoms with E-state index in [4.69, 9.17) is 0 Å². The highest BCUT2D eigenvalue weighted by atomic mass is 16.2. The van der Waals surface area contributed by atoms with Gasteiger partial charge in [-0.25, -0.2) is 0 Å². The predicted octanol–water partition coefficient (Wildman–Crippen LogP) is 1.92. The van der Waals surface area contributed by atoms with Crippen LogP contribution in [0, 0.1) is 0 Å². The number of carbonyl (C=O) groups excluding carboxylic acids is 1. The second-order valence-electron chi connectivity index (χ2n) is 5.13. The predicted molar refractivity (Wildman–Crippen MR) is 65.3 cm³/mol. The van der Waals surface area contributed by atoms with Gasteiger partial charge in [0.25, 0.3) is 0 Å². The Morgan fingerprint density at radius 1 is 1.19 bits per heavy atom. The molecule has 0 atom stereocenters. The third kappa shape index (κ3) is 4.12. The van der Waals surface area contributed by atoms with E-state index in [-0.39, 0.29) is 0 Å². The van der Waals surface area contributed by atoms with Crippen molar-refractivity contribution < 1.29 is 4.79 Å². The van der Waals surface area contributed by atoms with Gasteiger partial charge in [0.05, 0.1) is 0 Å². The average molecular weight is 224 g/mol. The van der Waals surface area contributed by atoms with Gasteiger partial charge in [-0.2, -0.15) is 0 Å². The Balaban J connectivity index is 1.61. The van der Waals surface area contributed by atoms with Gasteiger partial charge >= 0.3 is 0 Å². The first-order chi connectivity index (χ1) is 7.86. The summed E-state index contributed by atoms with van der Waals surface area (Å²) in [5, 5.41) is 3.50. The maximum Gasteiger partial charge on any atom is 0.222 e. The molecule has 1 aliphatic heterocycles. The number of likely N-dealkylation sites (tertiary alicyclic amines) is 1. The molecule has 2 fully saturated rings. The molecule has 0 aromatic carbocycles. The second kappa shape index (κ2) is 6.24. The first-order valence-corrected chi connectivity index (χ1v) is 6.87. The lowest BCUT2D eigenvalue weighted by Crippen LogP contribution is -2.35. The number of hydrogen-bond donors (Lipinski definition) is 1. The molecule has 1 saturated carbocycles. The van der Waals surface area contributed by atoms with Crippen molar-refractivity contribution in [1.82, 2.24) is 10.2 Å². The minimum absolute atomic E-state index is 0.381. The molecule has 2 aliphatic rings. The summed E-state index contributed by atoms with van der Waals surface area (Å²) in [5.41, 5.74) is 0. The van der Waals surface area contributed by atoms with Gasteiger partial charge in [-0.05, 0) is 38.6 Å². The Kier molecular flexibility index (Phi) is 4.64. The normalized spacial score (nSPS) is 23.0. The molecule has 3 nitrogen and oxygen atoms in total. The monoisotopic (exact) mass is 224 g/mol. The molecule has 2 rings (SSSR count). The molecule has 3 heteroatoms. The number of hydrogen-bond acceptors (Lipinski definition) is 2. The zero-order valence-corrected chi connectivity index (χ0v) is 10.2. The van der Waals surface area contributed by atoms with Crippen LogP contribution in [0.25, 0.3) is 0 Å². The molecule has 1 amide bonds. The van der Waals surface area contributed by atoms with Gasteiger partial charge in [0.2, 0.25) is 5.91 Å².